The van der Waals surface area contributed by atoms with Crippen LogP contribution in [0, 0.1) is 0 Å². The van der Waals surface area contributed by atoms with Crippen LogP contribution in [-0.2, 0) is 10.5 Å². The Morgan fingerprint density at radius 3 is 2.53 bits per heavy atom. The number of nitrogens with zero attached hydrogens (tertiary/aromatic N) is 3. The number of allylic oxidation sites excluding steroid dienone is 1. The van der Waals surface area contributed by atoms with Gasteiger partial charge in [-0.05, 0) is 23.3 Å². The van der Waals surface area contributed by atoms with E-state index in [1.54, 1.807) is 17.8 Å². The van der Waals surface area contributed by atoms with E-state index in [-0.39, 0.29) is 11.7 Å². The second-order valence-electron chi connectivity index (χ2n) is 5.74. The largest absolute Gasteiger partial charge is 0.272 e. The van der Waals surface area contributed by atoms with Crippen molar-refractivity contribution in [2.75, 3.05) is 5.75 Å². The molecule has 5 nitrogen and oxygen atoms in total. The lowest BCUT2D eigenvalue weighted by Crippen LogP contribution is -2.19. The second-order valence-corrected chi connectivity index (χ2v) is 10.0. The van der Waals surface area contributed by atoms with Crippen molar-refractivity contribution in [3.05, 3.63) is 75.8 Å². The minimum atomic E-state index is -0.249. The van der Waals surface area contributed by atoms with Gasteiger partial charge in [-0.2, -0.15) is 5.10 Å². The van der Waals surface area contributed by atoms with Crippen molar-refractivity contribution in [3.63, 3.8) is 0 Å². The summed E-state index contributed by atoms with van der Waals surface area (Å²) < 4.78 is 1.55. The van der Waals surface area contributed by atoms with Gasteiger partial charge in [0.05, 0.1) is 17.0 Å². The average Bonchev–Trinajstić information content (AvgIpc) is 3.20. The lowest BCUT2D eigenvalue weighted by atomic mass is 10.2. The number of carbonyl (C=O) groups excluding carboxylic acids is 1. The fraction of sp³-hybridized carbons (Fsp3) is 0.100. The van der Waals surface area contributed by atoms with Gasteiger partial charge in [-0.25, -0.2) is 5.43 Å². The van der Waals surface area contributed by atoms with Crippen molar-refractivity contribution in [1.29, 1.82) is 0 Å². The van der Waals surface area contributed by atoms with Gasteiger partial charge in [-0.3, -0.25) is 4.79 Å². The highest BCUT2D eigenvalue weighted by Gasteiger charge is 2.09. The van der Waals surface area contributed by atoms with Crippen LogP contribution in [0.25, 0.3) is 6.08 Å². The molecule has 0 fully saturated rings. The maximum atomic E-state index is 11.9. The predicted octanol–water partition coefficient (Wildman–Crippen LogP) is 5.96. The first-order valence-corrected chi connectivity index (χ1v) is 12.2. The van der Waals surface area contributed by atoms with Gasteiger partial charge in [-0.15, -0.1) is 10.2 Å². The Bertz CT molecular complexity index is 1040. The van der Waals surface area contributed by atoms with Crippen LogP contribution in [0.15, 0.2) is 73.4 Å². The summed E-state index contributed by atoms with van der Waals surface area (Å²) in [6.07, 6.45) is 3.15. The number of benzene rings is 2. The topological polar surface area (TPSA) is 67.2 Å². The number of amides is 1. The third kappa shape index (κ3) is 7.77. The standard InChI is InChI=1S/C20H16Cl2N4OS3/c21-16(10-14-6-2-1-3-7-14)11-23-24-18(27)13-29-20-26-25-19(30-20)28-12-15-8-4-5-9-17(15)22/h1-11H,12-13H2,(H,24,27)/b16-10-,23-11-. The Morgan fingerprint density at radius 1 is 1.07 bits per heavy atom. The van der Waals surface area contributed by atoms with E-state index >= 15 is 0 Å². The number of halogens is 2. The monoisotopic (exact) mass is 494 g/mol. The van der Waals surface area contributed by atoms with Crippen molar-refractivity contribution >= 4 is 76.3 Å². The summed E-state index contributed by atoms with van der Waals surface area (Å²) >= 11 is 16.6. The lowest BCUT2D eigenvalue weighted by molar-refractivity contribution is -0.118. The molecular formula is C20H16Cl2N4OS3. The number of rotatable bonds is 9. The zero-order valence-electron chi connectivity index (χ0n) is 15.5. The van der Waals surface area contributed by atoms with Gasteiger partial charge in [0, 0.05) is 10.8 Å². The van der Waals surface area contributed by atoms with Gasteiger partial charge in [-0.1, -0.05) is 107 Å². The van der Waals surface area contributed by atoms with E-state index in [1.165, 1.54) is 29.3 Å². The van der Waals surface area contributed by atoms with Crippen molar-refractivity contribution in [2.45, 2.75) is 14.4 Å². The normalized spacial score (nSPS) is 11.7. The van der Waals surface area contributed by atoms with Crippen LogP contribution >= 0.6 is 58.1 Å². The summed E-state index contributed by atoms with van der Waals surface area (Å²) in [5, 5.41) is 13.3. The quantitative estimate of drug-likeness (QED) is 0.226. The Morgan fingerprint density at radius 2 is 1.77 bits per heavy atom. The fourth-order valence-corrected chi connectivity index (χ4v) is 5.41. The summed E-state index contributed by atoms with van der Waals surface area (Å²) in [6.45, 7) is 0. The molecule has 0 saturated heterocycles. The zero-order valence-corrected chi connectivity index (χ0v) is 19.5. The molecule has 0 aliphatic carbocycles. The van der Waals surface area contributed by atoms with Crippen LogP contribution in [0.5, 0.6) is 0 Å². The molecule has 10 heteroatoms. The molecule has 2 aromatic carbocycles. The molecule has 1 aromatic heterocycles. The second kappa shape index (κ2) is 12.1. The van der Waals surface area contributed by atoms with Crippen LogP contribution < -0.4 is 5.43 Å². The molecule has 0 bridgehead atoms. The van der Waals surface area contributed by atoms with Crippen molar-refractivity contribution < 1.29 is 4.79 Å². The Kier molecular flexibility index (Phi) is 9.23. The highest BCUT2D eigenvalue weighted by atomic mass is 35.5. The first kappa shape index (κ1) is 22.8. The predicted molar refractivity (Wildman–Crippen MR) is 129 cm³/mol. The molecule has 30 heavy (non-hydrogen) atoms. The van der Waals surface area contributed by atoms with E-state index < -0.39 is 0 Å². The molecule has 0 radical (unpaired) electrons. The molecule has 0 aliphatic rings. The summed E-state index contributed by atoms with van der Waals surface area (Å²) in [4.78, 5) is 11.9. The van der Waals surface area contributed by atoms with Crippen LogP contribution in [-0.4, -0.2) is 28.1 Å². The highest BCUT2D eigenvalue weighted by Crippen LogP contribution is 2.32. The lowest BCUT2D eigenvalue weighted by Gasteiger charge is -2.00. The zero-order chi connectivity index (χ0) is 21.2. The third-order valence-corrected chi connectivity index (χ3v) is 7.32. The first-order chi connectivity index (χ1) is 14.6. The van der Waals surface area contributed by atoms with Crippen molar-refractivity contribution in [2.24, 2.45) is 5.10 Å². The van der Waals surface area contributed by atoms with Gasteiger partial charge in [0.1, 0.15) is 0 Å². The van der Waals surface area contributed by atoms with Gasteiger partial charge >= 0.3 is 0 Å². The van der Waals surface area contributed by atoms with Gasteiger partial charge in [0.2, 0.25) is 0 Å². The molecule has 3 rings (SSSR count). The molecule has 0 spiro atoms. The molecule has 0 atom stereocenters. The number of hydrogen-bond acceptors (Lipinski definition) is 7. The Balaban J connectivity index is 1.41. The smallest absolute Gasteiger partial charge is 0.250 e. The number of carbonyl (C=O) groups is 1. The molecule has 1 N–H and O–H groups in total. The number of aromatic nitrogens is 2. The van der Waals surface area contributed by atoms with Crippen LogP contribution in [0.4, 0.5) is 0 Å². The number of nitrogens with one attached hydrogen (secondary N) is 1. The summed E-state index contributed by atoms with van der Waals surface area (Å²) in [5.74, 6) is 0.646. The number of hydrogen-bond donors (Lipinski definition) is 1. The minimum absolute atomic E-state index is 0.182. The summed E-state index contributed by atoms with van der Waals surface area (Å²) in [7, 11) is 0. The number of hydrazone groups is 1. The highest BCUT2D eigenvalue weighted by molar-refractivity contribution is 8.03. The van der Waals surface area contributed by atoms with E-state index in [2.05, 4.69) is 20.7 Å². The minimum Gasteiger partial charge on any atom is -0.272 e. The molecular weight excluding hydrogens is 479 g/mol. The van der Waals surface area contributed by atoms with Gasteiger partial charge in [0.15, 0.2) is 8.68 Å². The van der Waals surface area contributed by atoms with E-state index in [9.17, 15) is 4.79 Å². The molecule has 0 saturated carbocycles. The molecule has 1 amide bonds. The molecule has 154 valence electrons. The van der Waals surface area contributed by atoms with Crippen LogP contribution in [0.2, 0.25) is 5.02 Å². The van der Waals surface area contributed by atoms with E-state index in [1.807, 2.05) is 54.6 Å². The summed E-state index contributed by atoms with van der Waals surface area (Å²) in [6, 6.07) is 17.3. The molecule has 0 aliphatic heterocycles. The van der Waals surface area contributed by atoms with E-state index in [4.69, 9.17) is 23.2 Å². The van der Waals surface area contributed by atoms with Crippen molar-refractivity contribution in [3.8, 4) is 0 Å². The SMILES string of the molecule is O=C(CSc1nnc(SCc2ccccc2Cl)s1)N/N=C\C(Cl)=C\c1ccccc1. The number of thioether (sulfide) groups is 2. The molecule has 0 unspecified atom stereocenters. The van der Waals surface area contributed by atoms with E-state index in [0.29, 0.717) is 10.8 Å². The van der Waals surface area contributed by atoms with Crippen LogP contribution in [0.3, 0.4) is 0 Å². The summed E-state index contributed by atoms with van der Waals surface area (Å²) in [5.41, 5.74) is 4.45. The average molecular weight is 495 g/mol. The molecule has 3 aromatic rings. The van der Waals surface area contributed by atoms with E-state index in [0.717, 1.165) is 24.8 Å². The van der Waals surface area contributed by atoms with Crippen molar-refractivity contribution in [1.82, 2.24) is 15.6 Å². The maximum absolute atomic E-state index is 11.9. The first-order valence-electron chi connectivity index (χ1n) is 8.67. The third-order valence-electron chi connectivity index (χ3n) is 3.50. The maximum Gasteiger partial charge on any atom is 0.250 e. The Labute approximate surface area is 197 Å². The van der Waals surface area contributed by atoms with Gasteiger partial charge < -0.3 is 0 Å². The molecule has 1 heterocycles. The fourth-order valence-electron chi connectivity index (χ4n) is 2.14. The van der Waals surface area contributed by atoms with Gasteiger partial charge in [0.25, 0.3) is 5.91 Å². The Hall–Kier alpha value is -1.84. The van der Waals surface area contributed by atoms with Crippen LogP contribution in [0.1, 0.15) is 11.1 Å².